The molecule has 2 aliphatic carbocycles. The van der Waals surface area contributed by atoms with Crippen LogP contribution in [0.25, 0.3) is 65.3 Å². The average Bonchev–Trinajstić information content (AvgIpc) is 3.30. The van der Waals surface area contributed by atoms with E-state index in [0.717, 1.165) is 8.95 Å². The van der Waals surface area contributed by atoms with Gasteiger partial charge in [0.2, 0.25) is 0 Å². The van der Waals surface area contributed by atoms with E-state index in [2.05, 4.69) is 144 Å². The molecule has 0 atom stereocenters. The molecule has 0 amide bonds. The fourth-order valence-corrected chi connectivity index (χ4v) is 8.92. The van der Waals surface area contributed by atoms with E-state index in [1.54, 1.807) is 0 Å². The Balaban J connectivity index is 1.52. The molecule has 0 radical (unpaired) electrons. The minimum absolute atomic E-state index is 0.0796. The van der Waals surface area contributed by atoms with E-state index in [9.17, 15) is 0 Å². The number of hydrogen-bond donors (Lipinski definition) is 0. The maximum Gasteiger partial charge on any atom is 0.0178 e. The second kappa shape index (κ2) is 7.35. The summed E-state index contributed by atoms with van der Waals surface area (Å²) >= 11 is 7.51. The minimum Gasteiger partial charge on any atom is -0.0610 e. The van der Waals surface area contributed by atoms with Crippen LogP contribution in [0.15, 0.2) is 93.9 Å². The van der Waals surface area contributed by atoms with Gasteiger partial charge in [0.1, 0.15) is 0 Å². The standard InChI is InChI=1S/C38H26Br2/c1-37(2)29-15-19(39)11-13-23(29)35-25-9-5-7-21-22-8-6-10-26-34(22)28(27(33(21)25)17-31(35)37)18-32-36(26)24-14-12-20(40)16-30(24)38(32,3)4/h5-18H,1-4H3. The molecule has 2 heteroatoms. The summed E-state index contributed by atoms with van der Waals surface area (Å²) in [4.78, 5) is 0. The van der Waals surface area contributed by atoms with Gasteiger partial charge >= 0.3 is 0 Å². The first-order chi connectivity index (χ1) is 19.2. The molecule has 0 spiro atoms. The minimum atomic E-state index is -0.0796. The molecule has 0 nitrogen and oxygen atoms in total. The first kappa shape index (κ1) is 23.5. The van der Waals surface area contributed by atoms with Gasteiger partial charge in [-0.25, -0.2) is 0 Å². The van der Waals surface area contributed by atoms with Gasteiger partial charge in [-0.3, -0.25) is 0 Å². The van der Waals surface area contributed by atoms with E-state index in [-0.39, 0.29) is 10.8 Å². The number of hydrogen-bond acceptors (Lipinski definition) is 0. The lowest BCUT2D eigenvalue weighted by molar-refractivity contribution is 0.660. The molecule has 7 aromatic carbocycles. The lowest BCUT2D eigenvalue weighted by atomic mass is 9.78. The third-order valence-corrected chi connectivity index (χ3v) is 11.1. The van der Waals surface area contributed by atoms with Gasteiger partial charge in [0.05, 0.1) is 0 Å². The zero-order valence-corrected chi connectivity index (χ0v) is 26.0. The summed E-state index contributed by atoms with van der Waals surface area (Å²) in [5, 5.41) is 11.0. The van der Waals surface area contributed by atoms with Crippen molar-refractivity contribution < 1.29 is 0 Å². The quantitative estimate of drug-likeness (QED) is 0.114. The molecule has 2 aliphatic rings. The normalized spacial score (nSPS) is 16.1. The zero-order valence-electron chi connectivity index (χ0n) is 22.8. The van der Waals surface area contributed by atoms with E-state index in [4.69, 9.17) is 0 Å². The first-order valence-corrected chi connectivity index (χ1v) is 15.6. The summed E-state index contributed by atoms with van der Waals surface area (Å²) in [5.41, 5.74) is 11.0. The third-order valence-electron chi connectivity index (χ3n) is 10.1. The van der Waals surface area contributed by atoms with Crippen LogP contribution in [0.2, 0.25) is 0 Å². The molecule has 0 unspecified atom stereocenters. The van der Waals surface area contributed by atoms with Crippen molar-refractivity contribution in [3.8, 4) is 22.3 Å². The predicted octanol–water partition coefficient (Wildman–Crippen LogP) is 11.9. The molecule has 0 N–H and O–H groups in total. The van der Waals surface area contributed by atoms with Crippen molar-refractivity contribution in [3.63, 3.8) is 0 Å². The number of rotatable bonds is 0. The average molecular weight is 642 g/mol. The van der Waals surface area contributed by atoms with Gasteiger partial charge in [-0.2, -0.15) is 0 Å². The molecule has 0 saturated heterocycles. The van der Waals surface area contributed by atoms with E-state index in [1.165, 1.54) is 87.6 Å². The Morgan fingerprint density at radius 2 is 0.825 bits per heavy atom. The van der Waals surface area contributed by atoms with Crippen LogP contribution in [0, 0.1) is 0 Å². The summed E-state index contributed by atoms with van der Waals surface area (Å²) in [6, 6.07) is 32.6. The van der Waals surface area contributed by atoms with Gasteiger partial charge in [0.25, 0.3) is 0 Å². The topological polar surface area (TPSA) is 0 Å². The van der Waals surface area contributed by atoms with Crippen LogP contribution in [0.5, 0.6) is 0 Å². The lowest BCUT2D eigenvalue weighted by Gasteiger charge is -2.25. The van der Waals surface area contributed by atoms with Crippen LogP contribution < -0.4 is 0 Å². The highest BCUT2D eigenvalue weighted by atomic mass is 79.9. The van der Waals surface area contributed by atoms with Crippen molar-refractivity contribution in [2.24, 2.45) is 0 Å². The highest BCUT2D eigenvalue weighted by Crippen LogP contribution is 2.57. The maximum atomic E-state index is 3.75. The highest BCUT2D eigenvalue weighted by molar-refractivity contribution is 9.10. The van der Waals surface area contributed by atoms with Gasteiger partial charge < -0.3 is 0 Å². The van der Waals surface area contributed by atoms with Crippen molar-refractivity contribution in [3.05, 3.63) is 116 Å². The summed E-state index contributed by atoms with van der Waals surface area (Å²) in [5.74, 6) is 0. The van der Waals surface area contributed by atoms with Crippen molar-refractivity contribution in [1.82, 2.24) is 0 Å². The number of fused-ring (bicyclic) bond motifs is 10. The summed E-state index contributed by atoms with van der Waals surface area (Å²) < 4.78 is 2.28. The molecule has 192 valence electrons. The van der Waals surface area contributed by atoms with Crippen molar-refractivity contribution >= 4 is 74.9 Å². The van der Waals surface area contributed by atoms with E-state index in [1.807, 2.05) is 0 Å². The Hall–Kier alpha value is -3.20. The van der Waals surface area contributed by atoms with Gasteiger partial charge in [-0.1, -0.05) is 108 Å². The van der Waals surface area contributed by atoms with Crippen LogP contribution in [0.3, 0.4) is 0 Å². The van der Waals surface area contributed by atoms with Crippen LogP contribution in [-0.4, -0.2) is 0 Å². The Morgan fingerprint density at radius 1 is 0.425 bits per heavy atom. The molecule has 0 saturated carbocycles. The Bertz CT molecular complexity index is 2120. The van der Waals surface area contributed by atoms with Crippen molar-refractivity contribution in [2.45, 2.75) is 38.5 Å². The summed E-state index contributed by atoms with van der Waals surface area (Å²) in [6.45, 7) is 9.55. The van der Waals surface area contributed by atoms with Crippen LogP contribution in [-0.2, 0) is 10.8 Å². The molecule has 0 heterocycles. The number of benzene rings is 7. The second-order valence-corrected chi connectivity index (χ2v) is 14.6. The van der Waals surface area contributed by atoms with Crippen LogP contribution in [0.1, 0.15) is 49.9 Å². The van der Waals surface area contributed by atoms with E-state index in [0.29, 0.717) is 0 Å². The molecule has 40 heavy (non-hydrogen) atoms. The van der Waals surface area contributed by atoms with Crippen LogP contribution >= 0.6 is 31.9 Å². The molecule has 0 bridgehead atoms. The smallest absolute Gasteiger partial charge is 0.0178 e. The second-order valence-electron chi connectivity index (χ2n) is 12.8. The van der Waals surface area contributed by atoms with Crippen LogP contribution in [0.4, 0.5) is 0 Å². The molecule has 7 aromatic rings. The Morgan fingerprint density at radius 3 is 1.25 bits per heavy atom. The Kier molecular flexibility index (Phi) is 4.32. The van der Waals surface area contributed by atoms with E-state index < -0.39 is 0 Å². The van der Waals surface area contributed by atoms with Gasteiger partial charge in [-0.15, -0.1) is 0 Å². The van der Waals surface area contributed by atoms with Crippen molar-refractivity contribution in [1.29, 1.82) is 0 Å². The predicted molar refractivity (Wildman–Crippen MR) is 178 cm³/mol. The van der Waals surface area contributed by atoms with Gasteiger partial charge in [-0.05, 0) is 124 Å². The van der Waals surface area contributed by atoms with Gasteiger partial charge in [0.15, 0.2) is 0 Å². The monoisotopic (exact) mass is 640 g/mol. The summed E-state index contributed by atoms with van der Waals surface area (Å²) in [6.07, 6.45) is 0. The lowest BCUT2D eigenvalue weighted by Crippen LogP contribution is -2.15. The van der Waals surface area contributed by atoms with Gasteiger partial charge in [0, 0.05) is 19.8 Å². The highest BCUT2D eigenvalue weighted by Gasteiger charge is 2.39. The molecule has 9 rings (SSSR count). The molecule has 0 fully saturated rings. The number of halogens is 2. The van der Waals surface area contributed by atoms with E-state index >= 15 is 0 Å². The largest absolute Gasteiger partial charge is 0.0610 e. The fraction of sp³-hybridized carbons (Fsp3) is 0.158. The molecular weight excluding hydrogens is 616 g/mol. The maximum absolute atomic E-state index is 3.75. The Labute approximate surface area is 250 Å². The van der Waals surface area contributed by atoms with Crippen molar-refractivity contribution in [2.75, 3.05) is 0 Å². The third kappa shape index (κ3) is 2.64. The zero-order chi connectivity index (χ0) is 27.3. The molecule has 0 aliphatic heterocycles. The fourth-order valence-electron chi connectivity index (χ4n) is 8.20. The molecular formula is C38H26Br2. The SMILES string of the molecule is CC1(C)c2cc(Br)ccc2-c2c1cc1c3cc4c(c5cccc(c6cccc2c61)c53)-c1ccc(Br)cc1C4(C)C. The summed E-state index contributed by atoms with van der Waals surface area (Å²) in [7, 11) is 0. The molecule has 0 aromatic heterocycles. The first-order valence-electron chi connectivity index (χ1n) is 14.0.